The molecule has 1 N–H and O–H groups in total. The van der Waals surface area contributed by atoms with Crippen LogP contribution in [0.1, 0.15) is 12.5 Å². The van der Waals surface area contributed by atoms with E-state index in [1.807, 2.05) is 0 Å². The second kappa shape index (κ2) is 6.40. The highest BCUT2D eigenvalue weighted by atomic mass is 19.4. The van der Waals surface area contributed by atoms with Crippen molar-refractivity contribution in [2.24, 2.45) is 0 Å². The maximum Gasteiger partial charge on any atom is 0.405 e. The van der Waals surface area contributed by atoms with Crippen molar-refractivity contribution in [2.75, 3.05) is 18.0 Å². The van der Waals surface area contributed by atoms with Crippen LogP contribution in [-0.2, 0) is 4.79 Å². The minimum absolute atomic E-state index is 0.0612. The second-order valence-electron chi connectivity index (χ2n) is 3.98. The molecular formula is C13H13F4NO2. The number of carboxylic acids is 1. The lowest BCUT2D eigenvalue weighted by Crippen LogP contribution is -2.35. The normalized spacial score (nSPS) is 11.8. The highest BCUT2D eigenvalue weighted by Crippen LogP contribution is 2.28. The van der Waals surface area contributed by atoms with Gasteiger partial charge in [-0.15, -0.1) is 0 Å². The zero-order chi connectivity index (χ0) is 15.3. The molecule has 0 heterocycles. The van der Waals surface area contributed by atoms with Crippen molar-refractivity contribution in [3.63, 3.8) is 0 Å². The summed E-state index contributed by atoms with van der Waals surface area (Å²) in [5.41, 5.74) is -0.177. The van der Waals surface area contributed by atoms with Crippen molar-refractivity contribution < 1.29 is 27.5 Å². The number of rotatable bonds is 5. The van der Waals surface area contributed by atoms with E-state index in [4.69, 9.17) is 5.11 Å². The van der Waals surface area contributed by atoms with Crippen LogP contribution in [0.2, 0.25) is 0 Å². The Morgan fingerprint density at radius 2 is 2.05 bits per heavy atom. The average molecular weight is 291 g/mol. The maximum absolute atomic E-state index is 13.8. The van der Waals surface area contributed by atoms with E-state index in [2.05, 4.69) is 0 Å². The third-order valence-corrected chi connectivity index (χ3v) is 2.49. The van der Waals surface area contributed by atoms with E-state index >= 15 is 0 Å². The average Bonchev–Trinajstić information content (AvgIpc) is 2.32. The summed E-state index contributed by atoms with van der Waals surface area (Å²) in [7, 11) is 0. The molecule has 0 unspecified atom stereocenters. The third-order valence-electron chi connectivity index (χ3n) is 2.49. The molecule has 7 heteroatoms. The maximum atomic E-state index is 13.8. The molecule has 0 aromatic heterocycles. The quantitative estimate of drug-likeness (QED) is 0.668. The summed E-state index contributed by atoms with van der Waals surface area (Å²) in [6.07, 6.45) is -2.66. The van der Waals surface area contributed by atoms with Gasteiger partial charge in [-0.2, -0.15) is 13.2 Å². The molecule has 0 bridgehead atoms. The Morgan fingerprint density at radius 3 is 2.55 bits per heavy atom. The Hall–Kier alpha value is -2.05. The van der Waals surface area contributed by atoms with E-state index in [-0.39, 0.29) is 17.8 Å². The fraction of sp³-hybridized carbons (Fsp3) is 0.308. The van der Waals surface area contributed by atoms with Gasteiger partial charge in [0.1, 0.15) is 12.4 Å². The van der Waals surface area contributed by atoms with E-state index in [9.17, 15) is 22.4 Å². The molecule has 3 nitrogen and oxygen atoms in total. The number of aliphatic carboxylic acids is 1. The zero-order valence-electron chi connectivity index (χ0n) is 10.6. The van der Waals surface area contributed by atoms with Crippen molar-refractivity contribution in [3.8, 4) is 0 Å². The Balaban J connectivity index is 3.22. The lowest BCUT2D eigenvalue weighted by atomic mass is 10.1. The van der Waals surface area contributed by atoms with Gasteiger partial charge < -0.3 is 10.0 Å². The molecule has 0 aliphatic rings. The Kier molecular flexibility index (Phi) is 5.12. The molecule has 0 aliphatic heterocycles. The molecule has 110 valence electrons. The molecule has 0 aliphatic carbocycles. The van der Waals surface area contributed by atoms with Gasteiger partial charge in [0, 0.05) is 18.2 Å². The first kappa shape index (κ1) is 16.0. The van der Waals surface area contributed by atoms with Crippen LogP contribution in [0, 0.1) is 5.82 Å². The number of benzene rings is 1. The molecule has 1 rings (SSSR count). The molecule has 0 amide bonds. The molecule has 0 atom stereocenters. The molecule has 0 saturated carbocycles. The van der Waals surface area contributed by atoms with Crippen LogP contribution in [-0.4, -0.2) is 30.3 Å². The fourth-order valence-electron chi connectivity index (χ4n) is 1.73. The minimum atomic E-state index is -4.48. The van der Waals surface area contributed by atoms with Crippen LogP contribution in [0.3, 0.4) is 0 Å². The van der Waals surface area contributed by atoms with Crippen molar-refractivity contribution in [3.05, 3.63) is 35.7 Å². The topological polar surface area (TPSA) is 40.5 Å². The summed E-state index contributed by atoms with van der Waals surface area (Å²) in [6, 6.07) is 3.70. The SMILES string of the molecule is CCN(CC(F)(F)F)c1c(F)cccc1/C=C/C(=O)O. The van der Waals surface area contributed by atoms with Crippen molar-refractivity contribution in [2.45, 2.75) is 13.1 Å². The molecule has 0 spiro atoms. The number of nitrogens with zero attached hydrogens (tertiary/aromatic N) is 1. The summed E-state index contributed by atoms with van der Waals surface area (Å²) >= 11 is 0. The molecule has 0 fully saturated rings. The smallest absolute Gasteiger partial charge is 0.405 e. The van der Waals surface area contributed by atoms with Crippen LogP contribution in [0.4, 0.5) is 23.2 Å². The molecule has 0 saturated heterocycles. The summed E-state index contributed by atoms with van der Waals surface area (Å²) in [6.45, 7) is 0.0928. The van der Waals surface area contributed by atoms with Crippen LogP contribution in [0.25, 0.3) is 6.08 Å². The second-order valence-corrected chi connectivity index (χ2v) is 3.98. The van der Waals surface area contributed by atoms with E-state index in [1.54, 1.807) is 0 Å². The third kappa shape index (κ3) is 4.56. The summed E-state index contributed by atoms with van der Waals surface area (Å²) in [4.78, 5) is 11.3. The monoisotopic (exact) mass is 291 g/mol. The Bertz CT molecular complexity index is 512. The summed E-state index contributed by atoms with van der Waals surface area (Å²) in [5.74, 6) is -2.09. The number of carboxylic acid groups (broad SMARTS) is 1. The van der Waals surface area contributed by atoms with Crippen molar-refractivity contribution in [1.29, 1.82) is 0 Å². The first-order chi connectivity index (χ1) is 9.24. The first-order valence-corrected chi connectivity index (χ1v) is 5.76. The molecular weight excluding hydrogens is 278 g/mol. The fourth-order valence-corrected chi connectivity index (χ4v) is 1.73. The molecule has 1 aromatic carbocycles. The van der Waals surface area contributed by atoms with Gasteiger partial charge in [0.05, 0.1) is 5.69 Å². The number of halogens is 4. The summed E-state index contributed by atoms with van der Waals surface area (Å²) in [5, 5.41) is 8.54. The van der Waals surface area contributed by atoms with Crippen LogP contribution < -0.4 is 4.90 Å². The number of hydrogen-bond donors (Lipinski definition) is 1. The lowest BCUT2D eigenvalue weighted by Gasteiger charge is -2.26. The first-order valence-electron chi connectivity index (χ1n) is 5.76. The standard InChI is InChI=1S/C13H13F4NO2/c1-2-18(8-13(15,16)17)12-9(6-7-11(19)20)4-3-5-10(12)14/h3-7H,2,8H2,1H3,(H,19,20)/b7-6+. The highest BCUT2D eigenvalue weighted by Gasteiger charge is 2.31. The number of hydrogen-bond acceptors (Lipinski definition) is 2. The highest BCUT2D eigenvalue weighted by molar-refractivity contribution is 5.87. The van der Waals surface area contributed by atoms with Crippen LogP contribution >= 0.6 is 0 Å². The number of alkyl halides is 3. The predicted molar refractivity (Wildman–Crippen MR) is 67.0 cm³/mol. The number of para-hydroxylation sites is 1. The van der Waals surface area contributed by atoms with E-state index < -0.39 is 24.5 Å². The van der Waals surface area contributed by atoms with Gasteiger partial charge in [0.2, 0.25) is 0 Å². The molecule has 20 heavy (non-hydrogen) atoms. The van der Waals surface area contributed by atoms with Gasteiger partial charge in [-0.05, 0) is 19.1 Å². The van der Waals surface area contributed by atoms with Gasteiger partial charge >= 0.3 is 12.1 Å². The zero-order valence-corrected chi connectivity index (χ0v) is 10.6. The van der Waals surface area contributed by atoms with Crippen molar-refractivity contribution >= 4 is 17.7 Å². The van der Waals surface area contributed by atoms with Crippen molar-refractivity contribution in [1.82, 2.24) is 0 Å². The van der Waals surface area contributed by atoms with E-state index in [1.165, 1.54) is 19.1 Å². The van der Waals surface area contributed by atoms with Crippen LogP contribution in [0.5, 0.6) is 0 Å². The van der Waals surface area contributed by atoms with Gasteiger partial charge in [-0.3, -0.25) is 0 Å². The van der Waals surface area contributed by atoms with E-state index in [0.29, 0.717) is 0 Å². The van der Waals surface area contributed by atoms with Gasteiger partial charge in [-0.25, -0.2) is 9.18 Å². The minimum Gasteiger partial charge on any atom is -0.478 e. The Morgan fingerprint density at radius 1 is 1.40 bits per heavy atom. The van der Waals surface area contributed by atoms with Gasteiger partial charge in [-0.1, -0.05) is 12.1 Å². The van der Waals surface area contributed by atoms with Gasteiger partial charge in [0.25, 0.3) is 0 Å². The summed E-state index contributed by atoms with van der Waals surface area (Å²) < 4.78 is 51.2. The van der Waals surface area contributed by atoms with Gasteiger partial charge in [0.15, 0.2) is 0 Å². The predicted octanol–water partition coefficient (Wildman–Crippen LogP) is 3.31. The molecule has 1 aromatic rings. The number of anilines is 1. The number of carbonyl (C=O) groups is 1. The molecule has 0 radical (unpaired) electrons. The van der Waals surface area contributed by atoms with Crippen LogP contribution in [0.15, 0.2) is 24.3 Å². The lowest BCUT2D eigenvalue weighted by molar-refractivity contribution is -0.131. The van der Waals surface area contributed by atoms with E-state index in [0.717, 1.165) is 23.1 Å². The Labute approximate surface area is 113 Å². The largest absolute Gasteiger partial charge is 0.478 e.